The van der Waals surface area contributed by atoms with Crippen molar-refractivity contribution in [2.45, 2.75) is 84.1 Å². The maximum atomic E-state index is 12.5. The molecule has 1 aliphatic heterocycles. The third-order valence-electron chi connectivity index (χ3n) is 6.01. The Morgan fingerprint density at radius 1 is 1.17 bits per heavy atom. The number of benzene rings is 1. The first-order chi connectivity index (χ1) is 14.4. The van der Waals surface area contributed by atoms with Crippen molar-refractivity contribution < 1.29 is 9.53 Å². The van der Waals surface area contributed by atoms with Gasteiger partial charge in [-0.3, -0.25) is 4.79 Å². The molecule has 4 nitrogen and oxygen atoms in total. The zero-order valence-electron chi connectivity index (χ0n) is 19.0. The highest BCUT2D eigenvalue weighted by atomic mass is 16.5. The Morgan fingerprint density at radius 2 is 1.80 bits per heavy atom. The van der Waals surface area contributed by atoms with E-state index in [4.69, 9.17) is 4.74 Å². The molecule has 3 rings (SSSR count). The van der Waals surface area contributed by atoms with Gasteiger partial charge in [0, 0.05) is 17.9 Å². The average Bonchev–Trinajstić information content (AvgIpc) is 3.15. The lowest BCUT2D eigenvalue weighted by Crippen LogP contribution is -2.32. The minimum atomic E-state index is -0.230. The Hall–Kier alpha value is -2.23. The van der Waals surface area contributed by atoms with Crippen LogP contribution < -0.4 is 4.90 Å². The summed E-state index contributed by atoms with van der Waals surface area (Å²) in [6, 6.07) is 7.00. The number of anilines is 1. The summed E-state index contributed by atoms with van der Waals surface area (Å²) >= 11 is 0. The van der Waals surface area contributed by atoms with Gasteiger partial charge in [0.2, 0.25) is 6.67 Å². The first kappa shape index (κ1) is 22.5. The predicted octanol–water partition coefficient (Wildman–Crippen LogP) is 6.35. The lowest BCUT2D eigenvalue weighted by molar-refractivity contribution is -0.141. The molecule has 4 heteroatoms. The van der Waals surface area contributed by atoms with Gasteiger partial charge < -0.3 is 14.5 Å². The summed E-state index contributed by atoms with van der Waals surface area (Å²) in [4.78, 5) is 16.8. The molecular weight excluding hydrogens is 372 g/mol. The van der Waals surface area contributed by atoms with Crippen LogP contribution in [0.5, 0.6) is 0 Å². The van der Waals surface area contributed by atoms with Crippen LogP contribution in [0.3, 0.4) is 0 Å². The molecule has 1 fully saturated rings. The van der Waals surface area contributed by atoms with Crippen LogP contribution in [0.2, 0.25) is 0 Å². The molecule has 1 heterocycles. The van der Waals surface area contributed by atoms with Gasteiger partial charge in [-0.25, -0.2) is 0 Å². The monoisotopic (exact) mass is 408 g/mol. The average molecular weight is 409 g/mol. The highest BCUT2D eigenvalue weighted by Gasteiger charge is 2.33. The lowest BCUT2D eigenvalue weighted by atomic mass is 9.91. The minimum absolute atomic E-state index is 0.230. The van der Waals surface area contributed by atoms with E-state index in [0.717, 1.165) is 5.70 Å². The highest BCUT2D eigenvalue weighted by molar-refractivity contribution is 5.76. The second-order valence-corrected chi connectivity index (χ2v) is 9.00. The van der Waals surface area contributed by atoms with Crippen molar-refractivity contribution in [1.82, 2.24) is 4.90 Å². The van der Waals surface area contributed by atoms with Crippen LogP contribution in [0.25, 0.3) is 0 Å². The Kier molecular flexibility index (Phi) is 7.63. The smallest absolute Gasteiger partial charge is 0.312 e. The SMILES string of the molecule is C=CCOC(=O)CC1=CN(C2CCCCC2)[C]N1c1c(C(C)C)cccc1C(C)C. The molecule has 162 valence electrons. The van der Waals surface area contributed by atoms with E-state index in [0.29, 0.717) is 17.9 Å². The van der Waals surface area contributed by atoms with E-state index < -0.39 is 0 Å². The van der Waals surface area contributed by atoms with E-state index >= 15 is 0 Å². The lowest BCUT2D eigenvalue weighted by Gasteiger charge is -2.33. The largest absolute Gasteiger partial charge is 0.461 e. The molecule has 1 saturated carbocycles. The predicted molar refractivity (Wildman–Crippen MR) is 123 cm³/mol. The fourth-order valence-electron chi connectivity index (χ4n) is 4.41. The van der Waals surface area contributed by atoms with E-state index in [-0.39, 0.29) is 19.0 Å². The van der Waals surface area contributed by atoms with Gasteiger partial charge in [-0.15, -0.1) is 0 Å². The molecular formula is C26H36N2O2. The van der Waals surface area contributed by atoms with Crippen molar-refractivity contribution in [2.75, 3.05) is 11.5 Å². The first-order valence-corrected chi connectivity index (χ1v) is 11.4. The van der Waals surface area contributed by atoms with Gasteiger partial charge in [-0.05, 0) is 35.8 Å². The molecule has 0 unspecified atom stereocenters. The van der Waals surface area contributed by atoms with E-state index in [1.54, 1.807) is 6.08 Å². The fourth-order valence-corrected chi connectivity index (χ4v) is 4.41. The molecule has 1 aliphatic carbocycles. The second-order valence-electron chi connectivity index (χ2n) is 9.00. The molecule has 0 saturated heterocycles. The molecule has 0 amide bonds. The summed E-state index contributed by atoms with van der Waals surface area (Å²) in [7, 11) is 0. The summed E-state index contributed by atoms with van der Waals surface area (Å²) in [5, 5.41) is 0. The molecule has 1 aromatic carbocycles. The number of carbonyl (C=O) groups is 1. The van der Waals surface area contributed by atoms with Crippen LogP contribution in [0.1, 0.15) is 89.2 Å². The van der Waals surface area contributed by atoms with Crippen molar-refractivity contribution in [3.05, 3.63) is 60.5 Å². The molecule has 0 aromatic heterocycles. The maximum absolute atomic E-state index is 12.5. The van der Waals surface area contributed by atoms with Crippen LogP contribution >= 0.6 is 0 Å². The Labute approximate surface area is 182 Å². The van der Waals surface area contributed by atoms with E-state index in [1.165, 1.54) is 48.9 Å². The van der Waals surface area contributed by atoms with E-state index in [1.807, 2.05) is 0 Å². The van der Waals surface area contributed by atoms with Crippen molar-refractivity contribution in [3.8, 4) is 0 Å². The third kappa shape index (κ3) is 5.08. The summed E-state index contributed by atoms with van der Waals surface area (Å²) < 4.78 is 5.30. The number of nitrogens with zero attached hydrogens (tertiary/aromatic N) is 2. The standard InChI is InChI=1S/C26H36N2O2/c1-6-15-30-25(29)16-22-17-27(21-11-8-7-9-12-21)18-28(22)26-23(19(2)3)13-10-14-24(26)20(4)5/h6,10,13-14,17,19-21H,1,7-9,11-12,15-16H2,2-5H3. The molecule has 0 atom stereocenters. The number of esters is 1. The van der Waals surface area contributed by atoms with Crippen LogP contribution in [0.4, 0.5) is 5.69 Å². The van der Waals surface area contributed by atoms with Gasteiger partial charge in [0.25, 0.3) is 0 Å². The number of hydrogen-bond acceptors (Lipinski definition) is 4. The summed E-state index contributed by atoms with van der Waals surface area (Å²) in [6.07, 6.45) is 10.1. The molecule has 2 aliphatic rings. The maximum Gasteiger partial charge on any atom is 0.312 e. The van der Waals surface area contributed by atoms with Gasteiger partial charge >= 0.3 is 5.97 Å². The van der Waals surface area contributed by atoms with E-state index in [2.05, 4.69) is 75.1 Å². The third-order valence-corrected chi connectivity index (χ3v) is 6.01. The normalized spacial score (nSPS) is 17.6. The molecule has 30 heavy (non-hydrogen) atoms. The van der Waals surface area contributed by atoms with Crippen LogP contribution in [-0.4, -0.2) is 23.5 Å². The molecule has 0 spiro atoms. The van der Waals surface area contributed by atoms with Crippen LogP contribution in [-0.2, 0) is 9.53 Å². The minimum Gasteiger partial charge on any atom is -0.461 e. The topological polar surface area (TPSA) is 32.8 Å². The van der Waals surface area contributed by atoms with Crippen molar-refractivity contribution in [3.63, 3.8) is 0 Å². The van der Waals surface area contributed by atoms with Crippen LogP contribution in [0, 0.1) is 6.67 Å². The Balaban J connectivity index is 1.97. The number of hydrogen-bond donors (Lipinski definition) is 0. The molecule has 1 aromatic rings. The van der Waals surface area contributed by atoms with Gasteiger partial charge in [-0.2, -0.15) is 0 Å². The number of carbonyl (C=O) groups excluding carboxylic acids is 1. The van der Waals surface area contributed by atoms with Crippen molar-refractivity contribution >= 4 is 11.7 Å². The molecule has 0 bridgehead atoms. The van der Waals surface area contributed by atoms with Crippen molar-refractivity contribution in [1.29, 1.82) is 0 Å². The number of rotatable bonds is 8. The Bertz CT molecular complexity index is 749. The summed E-state index contributed by atoms with van der Waals surface area (Å²) in [5.74, 6) is 0.517. The molecule has 0 N–H and O–H groups in total. The number of para-hydroxylation sites is 1. The number of ether oxygens (including phenoxy) is 1. The Morgan fingerprint density at radius 3 is 2.37 bits per heavy atom. The quantitative estimate of drug-likeness (QED) is 0.371. The van der Waals surface area contributed by atoms with Crippen molar-refractivity contribution in [2.24, 2.45) is 0 Å². The van der Waals surface area contributed by atoms with Gasteiger partial charge in [0.15, 0.2) is 0 Å². The zero-order chi connectivity index (χ0) is 21.7. The zero-order valence-corrected chi connectivity index (χ0v) is 19.0. The second kappa shape index (κ2) is 10.2. The summed E-state index contributed by atoms with van der Waals surface area (Å²) in [5.41, 5.74) is 4.67. The van der Waals surface area contributed by atoms with E-state index in [9.17, 15) is 4.79 Å². The fraction of sp³-hybridized carbons (Fsp3) is 0.538. The van der Waals surface area contributed by atoms with Gasteiger partial charge in [0.1, 0.15) is 6.61 Å². The summed E-state index contributed by atoms with van der Waals surface area (Å²) in [6.45, 7) is 16.4. The first-order valence-electron chi connectivity index (χ1n) is 11.4. The van der Waals surface area contributed by atoms with Gasteiger partial charge in [-0.1, -0.05) is 77.8 Å². The van der Waals surface area contributed by atoms with Gasteiger partial charge in [0.05, 0.1) is 12.1 Å². The molecule has 2 radical (unpaired) electrons. The highest BCUT2D eigenvalue weighted by Crippen LogP contribution is 2.42. The van der Waals surface area contributed by atoms with Crippen LogP contribution in [0.15, 0.2) is 42.8 Å².